The average Bonchev–Trinajstić information content (AvgIpc) is 2.49. The van der Waals surface area contributed by atoms with Crippen molar-refractivity contribution in [2.24, 2.45) is 5.92 Å². The molecule has 1 saturated carbocycles. The molecule has 112 valence electrons. The van der Waals surface area contributed by atoms with Gasteiger partial charge < -0.3 is 9.84 Å². The van der Waals surface area contributed by atoms with Crippen molar-refractivity contribution >= 4 is 0 Å². The Hall–Kier alpha value is -0.860. The summed E-state index contributed by atoms with van der Waals surface area (Å²) in [6.45, 7) is 4.37. The quantitative estimate of drug-likeness (QED) is 0.861. The zero-order valence-corrected chi connectivity index (χ0v) is 13.0. The van der Waals surface area contributed by atoms with Crippen LogP contribution in [0.2, 0.25) is 0 Å². The van der Waals surface area contributed by atoms with Crippen LogP contribution in [0.3, 0.4) is 0 Å². The smallest absolute Gasteiger partial charge is 0.105 e. The van der Waals surface area contributed by atoms with Gasteiger partial charge in [-0.2, -0.15) is 0 Å². The summed E-state index contributed by atoms with van der Waals surface area (Å²) in [6.07, 6.45) is 5.64. The van der Waals surface area contributed by atoms with E-state index in [9.17, 15) is 5.11 Å². The van der Waals surface area contributed by atoms with Crippen LogP contribution < -0.4 is 0 Å². The Balaban J connectivity index is 2.08. The van der Waals surface area contributed by atoms with E-state index in [2.05, 4.69) is 38.1 Å². The molecule has 0 radical (unpaired) electrons. The zero-order chi connectivity index (χ0) is 14.5. The van der Waals surface area contributed by atoms with Crippen LogP contribution in [0.25, 0.3) is 0 Å². The molecule has 0 aliphatic heterocycles. The highest BCUT2D eigenvalue weighted by Crippen LogP contribution is 2.34. The maximum atomic E-state index is 10.6. The predicted molar refractivity (Wildman–Crippen MR) is 82.9 cm³/mol. The molecule has 1 aromatic carbocycles. The van der Waals surface area contributed by atoms with E-state index in [-0.39, 0.29) is 6.10 Å². The standard InChI is InChI=1S/C18H28O2/c1-13(2)14-9-11-15(12-10-14)17(19)18(20-3)16-7-5-4-6-8-16/h9-13,16-19H,4-8H2,1-3H3. The largest absolute Gasteiger partial charge is 0.386 e. The van der Waals surface area contributed by atoms with Crippen molar-refractivity contribution in [2.75, 3.05) is 7.11 Å². The Bertz CT molecular complexity index is 390. The molecule has 1 aromatic rings. The van der Waals surface area contributed by atoms with Gasteiger partial charge in [0.2, 0.25) is 0 Å². The summed E-state index contributed by atoms with van der Waals surface area (Å²) in [4.78, 5) is 0. The third-order valence-corrected chi connectivity index (χ3v) is 4.64. The van der Waals surface area contributed by atoms with Crippen LogP contribution in [-0.4, -0.2) is 18.3 Å². The SMILES string of the molecule is COC(C1CCCCC1)C(O)c1ccc(C(C)C)cc1. The summed E-state index contributed by atoms with van der Waals surface area (Å²) in [5.41, 5.74) is 2.29. The Morgan fingerprint density at radius 2 is 1.55 bits per heavy atom. The Morgan fingerprint density at radius 1 is 1.00 bits per heavy atom. The second-order valence-corrected chi connectivity index (χ2v) is 6.36. The minimum Gasteiger partial charge on any atom is -0.386 e. The molecule has 2 nitrogen and oxygen atoms in total. The molecule has 2 heteroatoms. The van der Waals surface area contributed by atoms with E-state index in [1.807, 2.05) is 0 Å². The van der Waals surface area contributed by atoms with Crippen molar-refractivity contribution in [3.63, 3.8) is 0 Å². The Labute approximate surface area is 123 Å². The number of methoxy groups -OCH3 is 1. The molecule has 1 N–H and O–H groups in total. The fraction of sp³-hybridized carbons (Fsp3) is 0.667. The third kappa shape index (κ3) is 3.62. The van der Waals surface area contributed by atoms with E-state index in [0.29, 0.717) is 11.8 Å². The molecular formula is C18H28O2. The van der Waals surface area contributed by atoms with E-state index in [0.717, 1.165) is 5.56 Å². The van der Waals surface area contributed by atoms with E-state index in [4.69, 9.17) is 4.74 Å². The molecule has 0 bridgehead atoms. The van der Waals surface area contributed by atoms with Gasteiger partial charge in [-0.05, 0) is 35.8 Å². The number of benzene rings is 1. The Morgan fingerprint density at radius 3 is 2.05 bits per heavy atom. The first kappa shape index (κ1) is 15.5. The minimum absolute atomic E-state index is 0.0693. The van der Waals surface area contributed by atoms with Crippen molar-refractivity contribution in [2.45, 2.75) is 64.1 Å². The number of ether oxygens (including phenoxy) is 1. The van der Waals surface area contributed by atoms with Gasteiger partial charge >= 0.3 is 0 Å². The Kier molecular flexibility index (Phi) is 5.62. The molecule has 0 saturated heterocycles. The maximum Gasteiger partial charge on any atom is 0.105 e. The lowest BCUT2D eigenvalue weighted by atomic mass is 9.81. The summed E-state index contributed by atoms with van der Waals surface area (Å²) >= 11 is 0. The van der Waals surface area contributed by atoms with Crippen molar-refractivity contribution < 1.29 is 9.84 Å². The summed E-state index contributed by atoms with van der Waals surface area (Å²) < 4.78 is 5.63. The maximum absolute atomic E-state index is 10.6. The van der Waals surface area contributed by atoms with Gasteiger partial charge in [0, 0.05) is 7.11 Å². The molecular weight excluding hydrogens is 248 g/mol. The number of aliphatic hydroxyl groups excluding tert-OH is 1. The molecule has 0 heterocycles. The second kappa shape index (κ2) is 7.24. The van der Waals surface area contributed by atoms with Crippen LogP contribution in [-0.2, 0) is 4.74 Å². The number of rotatable bonds is 5. The molecule has 0 amide bonds. The van der Waals surface area contributed by atoms with Crippen molar-refractivity contribution in [3.05, 3.63) is 35.4 Å². The van der Waals surface area contributed by atoms with Crippen LogP contribution >= 0.6 is 0 Å². The molecule has 1 aliphatic rings. The second-order valence-electron chi connectivity index (χ2n) is 6.36. The fourth-order valence-corrected chi connectivity index (χ4v) is 3.31. The van der Waals surface area contributed by atoms with Crippen LogP contribution in [0.1, 0.15) is 69.1 Å². The molecule has 0 aromatic heterocycles. The normalized spacial score (nSPS) is 20.1. The van der Waals surface area contributed by atoms with E-state index < -0.39 is 6.10 Å². The number of hydrogen-bond acceptors (Lipinski definition) is 2. The van der Waals surface area contributed by atoms with Crippen LogP contribution in [0.5, 0.6) is 0 Å². The molecule has 2 atom stereocenters. The van der Waals surface area contributed by atoms with E-state index in [1.165, 1.54) is 37.7 Å². The predicted octanol–water partition coefficient (Wildman–Crippen LogP) is 4.44. The fourth-order valence-electron chi connectivity index (χ4n) is 3.31. The highest BCUT2D eigenvalue weighted by Gasteiger charge is 2.30. The zero-order valence-electron chi connectivity index (χ0n) is 13.0. The van der Waals surface area contributed by atoms with Crippen LogP contribution in [0.15, 0.2) is 24.3 Å². The summed E-state index contributed by atoms with van der Waals surface area (Å²) in [6, 6.07) is 8.34. The lowest BCUT2D eigenvalue weighted by molar-refractivity contribution is -0.0559. The lowest BCUT2D eigenvalue weighted by Crippen LogP contribution is -2.31. The molecule has 20 heavy (non-hydrogen) atoms. The van der Waals surface area contributed by atoms with Gasteiger partial charge in [-0.15, -0.1) is 0 Å². The van der Waals surface area contributed by atoms with Crippen LogP contribution in [0.4, 0.5) is 0 Å². The van der Waals surface area contributed by atoms with Gasteiger partial charge in [0.15, 0.2) is 0 Å². The van der Waals surface area contributed by atoms with E-state index >= 15 is 0 Å². The number of aliphatic hydroxyl groups is 1. The van der Waals surface area contributed by atoms with Gasteiger partial charge in [-0.1, -0.05) is 57.4 Å². The van der Waals surface area contributed by atoms with E-state index in [1.54, 1.807) is 7.11 Å². The molecule has 1 aliphatic carbocycles. The van der Waals surface area contributed by atoms with Gasteiger partial charge in [-0.25, -0.2) is 0 Å². The van der Waals surface area contributed by atoms with Crippen molar-refractivity contribution in [3.8, 4) is 0 Å². The van der Waals surface area contributed by atoms with Crippen LogP contribution in [0, 0.1) is 5.92 Å². The topological polar surface area (TPSA) is 29.5 Å². The summed E-state index contributed by atoms with van der Waals surface area (Å²) in [7, 11) is 1.73. The lowest BCUT2D eigenvalue weighted by Gasteiger charge is -2.32. The first-order valence-corrected chi connectivity index (χ1v) is 7.94. The van der Waals surface area contributed by atoms with Gasteiger partial charge in [0.25, 0.3) is 0 Å². The molecule has 2 unspecified atom stereocenters. The molecule has 2 rings (SSSR count). The number of hydrogen-bond donors (Lipinski definition) is 1. The average molecular weight is 276 g/mol. The minimum atomic E-state index is -0.510. The first-order chi connectivity index (χ1) is 9.63. The van der Waals surface area contributed by atoms with Crippen molar-refractivity contribution in [1.29, 1.82) is 0 Å². The highest BCUT2D eigenvalue weighted by molar-refractivity contribution is 5.26. The molecule has 0 spiro atoms. The van der Waals surface area contributed by atoms with Gasteiger partial charge in [0.1, 0.15) is 6.10 Å². The third-order valence-electron chi connectivity index (χ3n) is 4.64. The summed E-state index contributed by atoms with van der Waals surface area (Å²) in [5.74, 6) is 1.02. The molecule has 1 fully saturated rings. The highest BCUT2D eigenvalue weighted by atomic mass is 16.5. The van der Waals surface area contributed by atoms with Gasteiger partial charge in [-0.3, -0.25) is 0 Å². The van der Waals surface area contributed by atoms with Crippen molar-refractivity contribution in [1.82, 2.24) is 0 Å². The summed E-state index contributed by atoms with van der Waals surface area (Å²) in [5, 5.41) is 10.6. The van der Waals surface area contributed by atoms with Gasteiger partial charge in [0.05, 0.1) is 6.10 Å². The monoisotopic (exact) mass is 276 g/mol. The first-order valence-electron chi connectivity index (χ1n) is 7.94.